The normalized spacial score (nSPS) is 8.27. The van der Waals surface area contributed by atoms with Crippen LogP contribution >= 0.6 is 0 Å². The van der Waals surface area contributed by atoms with Gasteiger partial charge in [-0.25, -0.2) is 4.79 Å². The van der Waals surface area contributed by atoms with E-state index in [1.54, 1.807) is 24.3 Å². The number of ether oxygens (including phenoxy) is 3. The highest BCUT2D eigenvalue weighted by Gasteiger charge is 2.03. The smallest absolute Gasteiger partial charge is 0.497 e. The molecule has 4 nitrogen and oxygen atoms in total. The van der Waals surface area contributed by atoms with Gasteiger partial charge in [0.05, 0.1) is 14.2 Å². The van der Waals surface area contributed by atoms with Crippen LogP contribution in [-0.4, -0.2) is 20.4 Å². The van der Waals surface area contributed by atoms with Gasteiger partial charge in [0.1, 0.15) is 11.5 Å². The summed E-state index contributed by atoms with van der Waals surface area (Å²) in [5.41, 5.74) is 0. The summed E-state index contributed by atoms with van der Waals surface area (Å²) in [4.78, 5) is 10.7. The molecule has 15 heavy (non-hydrogen) atoms. The van der Waals surface area contributed by atoms with Crippen LogP contribution in [-0.2, 0) is 4.74 Å². The third-order valence-corrected chi connectivity index (χ3v) is 1.41. The molecule has 0 saturated heterocycles. The second-order valence-electron chi connectivity index (χ2n) is 2.24. The van der Waals surface area contributed by atoms with Crippen molar-refractivity contribution in [3.05, 3.63) is 24.3 Å². The van der Waals surface area contributed by atoms with Gasteiger partial charge in [-0.3, -0.25) is 0 Å². The zero-order valence-electron chi connectivity index (χ0n) is 9.44. The zero-order chi connectivity index (χ0) is 11.7. The van der Waals surface area contributed by atoms with E-state index in [9.17, 15) is 4.79 Å². The van der Waals surface area contributed by atoms with Crippen LogP contribution in [0.1, 0.15) is 13.8 Å². The number of methoxy groups -OCH3 is 2. The van der Waals surface area contributed by atoms with Gasteiger partial charge in [0.2, 0.25) is 0 Å². The lowest BCUT2D eigenvalue weighted by molar-refractivity contribution is 0.121. The Morgan fingerprint density at radius 3 is 2.27 bits per heavy atom. The highest BCUT2D eigenvalue weighted by molar-refractivity contribution is 5.63. The van der Waals surface area contributed by atoms with Crippen LogP contribution in [0.4, 0.5) is 4.79 Å². The molecule has 0 aromatic heterocycles. The summed E-state index contributed by atoms with van der Waals surface area (Å²) < 4.78 is 14.0. The van der Waals surface area contributed by atoms with Crippen LogP contribution < -0.4 is 9.47 Å². The molecule has 0 N–H and O–H groups in total. The number of benzene rings is 1. The second-order valence-corrected chi connectivity index (χ2v) is 2.24. The first kappa shape index (κ1) is 13.3. The summed E-state index contributed by atoms with van der Waals surface area (Å²) in [7, 11) is 2.79. The Bertz CT molecular complexity index is 296. The Morgan fingerprint density at radius 1 is 1.13 bits per heavy atom. The standard InChI is InChI=1S/C9H10O4.C2H6/c1-11-7-4-3-5-8(6-7)13-9(10)12-2;1-2/h3-6H,1-2H3;1-2H3. The van der Waals surface area contributed by atoms with Crippen LogP contribution in [0.5, 0.6) is 11.5 Å². The number of carbonyl (C=O) groups excluding carboxylic acids is 1. The molecule has 0 atom stereocenters. The maximum atomic E-state index is 10.7. The van der Waals surface area contributed by atoms with Gasteiger partial charge in [-0.05, 0) is 12.1 Å². The van der Waals surface area contributed by atoms with Crippen LogP contribution in [0.15, 0.2) is 24.3 Å². The molecular weight excluding hydrogens is 196 g/mol. The SMILES string of the molecule is CC.COC(=O)Oc1cccc(OC)c1. The molecule has 0 aliphatic rings. The fourth-order valence-corrected chi connectivity index (χ4v) is 0.803. The zero-order valence-corrected chi connectivity index (χ0v) is 9.44. The Kier molecular flexibility index (Phi) is 6.80. The van der Waals surface area contributed by atoms with Crippen LogP contribution in [0.3, 0.4) is 0 Å². The number of rotatable bonds is 2. The molecule has 0 bridgehead atoms. The molecule has 0 unspecified atom stereocenters. The molecule has 0 spiro atoms. The Hall–Kier alpha value is -1.71. The van der Waals surface area contributed by atoms with Crippen molar-refractivity contribution in [3.8, 4) is 11.5 Å². The van der Waals surface area contributed by atoms with E-state index in [1.165, 1.54) is 14.2 Å². The summed E-state index contributed by atoms with van der Waals surface area (Å²) in [6.45, 7) is 4.00. The molecule has 1 aromatic rings. The molecule has 0 radical (unpaired) electrons. The fraction of sp³-hybridized carbons (Fsp3) is 0.364. The van der Waals surface area contributed by atoms with Crippen molar-refractivity contribution >= 4 is 6.16 Å². The lowest BCUT2D eigenvalue weighted by Gasteiger charge is -2.03. The van der Waals surface area contributed by atoms with Gasteiger partial charge in [-0.1, -0.05) is 19.9 Å². The first-order valence-corrected chi connectivity index (χ1v) is 4.66. The predicted molar refractivity (Wildman–Crippen MR) is 57.4 cm³/mol. The topological polar surface area (TPSA) is 44.8 Å². The van der Waals surface area contributed by atoms with Crippen molar-refractivity contribution in [2.24, 2.45) is 0 Å². The Labute approximate surface area is 89.8 Å². The maximum absolute atomic E-state index is 10.7. The minimum absolute atomic E-state index is 0.395. The largest absolute Gasteiger partial charge is 0.513 e. The minimum atomic E-state index is -0.742. The average Bonchev–Trinajstić information content (AvgIpc) is 2.31. The van der Waals surface area contributed by atoms with Gasteiger partial charge in [0, 0.05) is 6.07 Å². The molecule has 0 heterocycles. The monoisotopic (exact) mass is 212 g/mol. The molecular formula is C11H16O4. The van der Waals surface area contributed by atoms with E-state index in [1.807, 2.05) is 13.8 Å². The fourth-order valence-electron chi connectivity index (χ4n) is 0.803. The van der Waals surface area contributed by atoms with E-state index in [0.29, 0.717) is 11.5 Å². The van der Waals surface area contributed by atoms with Gasteiger partial charge in [0.15, 0.2) is 0 Å². The Balaban J connectivity index is 0.000000921. The van der Waals surface area contributed by atoms with E-state index in [-0.39, 0.29) is 0 Å². The van der Waals surface area contributed by atoms with Crippen molar-refractivity contribution in [1.29, 1.82) is 0 Å². The van der Waals surface area contributed by atoms with Crippen molar-refractivity contribution in [1.82, 2.24) is 0 Å². The molecule has 84 valence electrons. The summed E-state index contributed by atoms with van der Waals surface area (Å²) in [6, 6.07) is 6.71. The van der Waals surface area contributed by atoms with Gasteiger partial charge < -0.3 is 14.2 Å². The first-order chi connectivity index (χ1) is 7.26. The Morgan fingerprint density at radius 2 is 1.73 bits per heavy atom. The van der Waals surface area contributed by atoms with Crippen molar-refractivity contribution in [3.63, 3.8) is 0 Å². The van der Waals surface area contributed by atoms with E-state index in [2.05, 4.69) is 4.74 Å². The molecule has 0 saturated carbocycles. The average molecular weight is 212 g/mol. The number of carbonyl (C=O) groups is 1. The maximum Gasteiger partial charge on any atom is 0.513 e. The third-order valence-electron chi connectivity index (χ3n) is 1.41. The highest BCUT2D eigenvalue weighted by atomic mass is 16.7. The van der Waals surface area contributed by atoms with Gasteiger partial charge in [-0.2, -0.15) is 0 Å². The lowest BCUT2D eigenvalue weighted by atomic mass is 10.3. The quantitative estimate of drug-likeness (QED) is 0.558. The number of hydrogen-bond donors (Lipinski definition) is 0. The summed E-state index contributed by atoms with van der Waals surface area (Å²) in [5.74, 6) is 1.02. The minimum Gasteiger partial charge on any atom is -0.497 e. The molecule has 4 heteroatoms. The van der Waals surface area contributed by atoms with Gasteiger partial charge in [0.25, 0.3) is 0 Å². The third kappa shape index (κ3) is 4.90. The van der Waals surface area contributed by atoms with E-state index < -0.39 is 6.16 Å². The predicted octanol–water partition coefficient (Wildman–Crippen LogP) is 2.87. The molecule has 1 rings (SSSR count). The van der Waals surface area contributed by atoms with E-state index in [0.717, 1.165) is 0 Å². The summed E-state index contributed by atoms with van der Waals surface area (Å²) in [6.07, 6.45) is -0.742. The van der Waals surface area contributed by atoms with Crippen molar-refractivity contribution < 1.29 is 19.0 Å². The second kappa shape index (κ2) is 7.67. The van der Waals surface area contributed by atoms with E-state index in [4.69, 9.17) is 9.47 Å². The highest BCUT2D eigenvalue weighted by Crippen LogP contribution is 2.18. The van der Waals surface area contributed by atoms with Crippen LogP contribution in [0, 0.1) is 0 Å². The molecule has 0 aliphatic carbocycles. The van der Waals surface area contributed by atoms with Gasteiger partial charge in [-0.15, -0.1) is 0 Å². The lowest BCUT2D eigenvalue weighted by Crippen LogP contribution is -2.07. The van der Waals surface area contributed by atoms with E-state index >= 15 is 0 Å². The molecule has 1 aromatic carbocycles. The van der Waals surface area contributed by atoms with Crippen LogP contribution in [0.25, 0.3) is 0 Å². The van der Waals surface area contributed by atoms with Crippen molar-refractivity contribution in [2.45, 2.75) is 13.8 Å². The molecule has 0 fully saturated rings. The molecule has 0 aliphatic heterocycles. The summed E-state index contributed by atoms with van der Waals surface area (Å²) >= 11 is 0. The van der Waals surface area contributed by atoms with Gasteiger partial charge >= 0.3 is 6.16 Å². The molecule has 0 amide bonds. The van der Waals surface area contributed by atoms with Crippen molar-refractivity contribution in [2.75, 3.05) is 14.2 Å². The number of hydrogen-bond acceptors (Lipinski definition) is 4. The first-order valence-electron chi connectivity index (χ1n) is 4.66. The summed E-state index contributed by atoms with van der Waals surface area (Å²) in [5, 5.41) is 0. The van der Waals surface area contributed by atoms with Crippen LogP contribution in [0.2, 0.25) is 0 Å².